The van der Waals surface area contributed by atoms with Gasteiger partial charge in [-0.15, -0.1) is 0 Å². The molecule has 0 saturated carbocycles. The van der Waals surface area contributed by atoms with Crippen molar-refractivity contribution in [3.63, 3.8) is 0 Å². The van der Waals surface area contributed by atoms with Crippen LogP contribution in [0.4, 0.5) is 4.39 Å². The van der Waals surface area contributed by atoms with E-state index >= 15 is 0 Å². The van der Waals surface area contributed by atoms with Gasteiger partial charge in [-0.05, 0) is 18.6 Å². The highest BCUT2D eigenvalue weighted by Crippen LogP contribution is 2.05. The summed E-state index contributed by atoms with van der Waals surface area (Å²) in [7, 11) is 0. The number of benzene rings is 1. The van der Waals surface area contributed by atoms with Gasteiger partial charge in [-0.25, -0.2) is 4.39 Å². The Bertz CT molecular complexity index is 342. The first-order valence-corrected chi connectivity index (χ1v) is 4.78. The van der Waals surface area contributed by atoms with E-state index in [1.165, 1.54) is 12.1 Å². The van der Waals surface area contributed by atoms with Crippen molar-refractivity contribution in [2.24, 2.45) is 0 Å². The molecule has 1 aromatic rings. The molecule has 0 spiro atoms. The van der Waals surface area contributed by atoms with Gasteiger partial charge in [0.15, 0.2) is 0 Å². The summed E-state index contributed by atoms with van der Waals surface area (Å²) in [6, 6.07) is 5.96. The Morgan fingerprint density at radius 3 is 2.56 bits per heavy atom. The molecular formula is C11H14FNO3. The molecular weight excluding hydrogens is 213 g/mol. The van der Waals surface area contributed by atoms with Crippen molar-refractivity contribution < 1.29 is 19.1 Å². The van der Waals surface area contributed by atoms with Gasteiger partial charge in [-0.3, -0.25) is 9.59 Å². The number of halogens is 1. The Morgan fingerprint density at radius 2 is 2.06 bits per heavy atom. The summed E-state index contributed by atoms with van der Waals surface area (Å²) in [5, 5.41) is 9.50. The number of hydrogen-bond acceptors (Lipinski definition) is 2. The Morgan fingerprint density at radius 1 is 1.50 bits per heavy atom. The molecule has 0 radical (unpaired) electrons. The Balaban J connectivity index is 0.000000673. The first-order chi connectivity index (χ1) is 7.67. The van der Waals surface area contributed by atoms with Crippen molar-refractivity contribution >= 4 is 12.4 Å². The standard InChI is InChI=1S/C10H12FNO.CH2O2/c1-2-7-12-10(13)8-5-3-4-6-9(8)11;2-1-3/h3-6H,2,7H2,1H3,(H,12,13);1H,(H,2,3). The SMILES string of the molecule is CCCNC(=O)c1ccccc1F.O=CO. The first kappa shape index (κ1) is 14.1. The van der Waals surface area contributed by atoms with Crippen molar-refractivity contribution in [3.8, 4) is 0 Å². The number of carboxylic acid groups (broad SMARTS) is 1. The maximum absolute atomic E-state index is 13.0. The highest BCUT2D eigenvalue weighted by molar-refractivity contribution is 5.94. The monoisotopic (exact) mass is 227 g/mol. The van der Waals surface area contributed by atoms with Gasteiger partial charge in [0.05, 0.1) is 5.56 Å². The number of carbonyl (C=O) groups is 2. The summed E-state index contributed by atoms with van der Waals surface area (Å²) >= 11 is 0. The van der Waals surface area contributed by atoms with Crippen molar-refractivity contribution in [3.05, 3.63) is 35.6 Å². The van der Waals surface area contributed by atoms with Gasteiger partial charge < -0.3 is 10.4 Å². The molecule has 0 fully saturated rings. The summed E-state index contributed by atoms with van der Waals surface area (Å²) in [5.74, 6) is -0.823. The highest BCUT2D eigenvalue weighted by atomic mass is 19.1. The quantitative estimate of drug-likeness (QED) is 0.772. The third-order valence-electron chi connectivity index (χ3n) is 1.65. The first-order valence-electron chi connectivity index (χ1n) is 4.78. The average Bonchev–Trinajstić information content (AvgIpc) is 2.27. The number of amides is 1. The molecule has 0 bridgehead atoms. The number of hydrogen-bond donors (Lipinski definition) is 2. The predicted octanol–water partition coefficient (Wildman–Crippen LogP) is 1.67. The Hall–Kier alpha value is -1.91. The van der Waals surface area contributed by atoms with Crippen LogP contribution in [0.2, 0.25) is 0 Å². The largest absolute Gasteiger partial charge is 0.483 e. The molecule has 1 aromatic carbocycles. The maximum atomic E-state index is 13.0. The van der Waals surface area contributed by atoms with Gasteiger partial charge >= 0.3 is 0 Å². The molecule has 88 valence electrons. The lowest BCUT2D eigenvalue weighted by Gasteiger charge is -2.03. The van der Waals surface area contributed by atoms with Crippen LogP contribution in [0.3, 0.4) is 0 Å². The predicted molar refractivity (Wildman–Crippen MR) is 57.7 cm³/mol. The molecule has 1 amide bonds. The molecule has 16 heavy (non-hydrogen) atoms. The number of carbonyl (C=O) groups excluding carboxylic acids is 1. The fourth-order valence-electron chi connectivity index (χ4n) is 0.979. The minimum atomic E-state index is -0.476. The van der Waals surface area contributed by atoms with Gasteiger partial charge in [0.2, 0.25) is 0 Å². The van der Waals surface area contributed by atoms with Crippen LogP contribution in [0.15, 0.2) is 24.3 Å². The van der Waals surface area contributed by atoms with E-state index in [9.17, 15) is 9.18 Å². The lowest BCUT2D eigenvalue weighted by Crippen LogP contribution is -2.24. The third kappa shape index (κ3) is 5.09. The normalized spacial score (nSPS) is 8.62. The second-order valence-electron chi connectivity index (χ2n) is 2.84. The number of nitrogens with one attached hydrogen (secondary N) is 1. The smallest absolute Gasteiger partial charge is 0.290 e. The van der Waals surface area contributed by atoms with Crippen LogP contribution < -0.4 is 5.32 Å². The lowest BCUT2D eigenvalue weighted by atomic mass is 10.2. The van der Waals surface area contributed by atoms with E-state index in [0.717, 1.165) is 6.42 Å². The molecule has 4 nitrogen and oxygen atoms in total. The zero-order valence-electron chi connectivity index (χ0n) is 8.94. The van der Waals surface area contributed by atoms with Gasteiger partial charge in [0.25, 0.3) is 12.4 Å². The molecule has 0 aliphatic heterocycles. The van der Waals surface area contributed by atoms with E-state index in [4.69, 9.17) is 9.90 Å². The van der Waals surface area contributed by atoms with Gasteiger partial charge in [0.1, 0.15) is 5.82 Å². The van der Waals surface area contributed by atoms with E-state index in [1.807, 2.05) is 6.92 Å². The summed E-state index contributed by atoms with van der Waals surface area (Å²) < 4.78 is 13.0. The molecule has 0 unspecified atom stereocenters. The van der Waals surface area contributed by atoms with Gasteiger partial charge in [-0.2, -0.15) is 0 Å². The molecule has 0 heterocycles. The minimum absolute atomic E-state index is 0.107. The Labute approximate surface area is 93.1 Å². The fraction of sp³-hybridized carbons (Fsp3) is 0.273. The topological polar surface area (TPSA) is 66.4 Å². The second kappa shape index (κ2) is 8.40. The second-order valence-corrected chi connectivity index (χ2v) is 2.84. The lowest BCUT2D eigenvalue weighted by molar-refractivity contribution is -0.122. The highest BCUT2D eigenvalue weighted by Gasteiger charge is 2.08. The summed E-state index contributed by atoms with van der Waals surface area (Å²) in [4.78, 5) is 19.6. The summed E-state index contributed by atoms with van der Waals surface area (Å²) in [5.41, 5.74) is 0.107. The van der Waals surface area contributed by atoms with Crippen molar-refractivity contribution in [1.82, 2.24) is 5.32 Å². The molecule has 0 atom stereocenters. The zero-order valence-corrected chi connectivity index (χ0v) is 8.94. The van der Waals surface area contributed by atoms with Crippen LogP contribution in [0.25, 0.3) is 0 Å². The van der Waals surface area contributed by atoms with E-state index in [0.29, 0.717) is 6.54 Å². The third-order valence-corrected chi connectivity index (χ3v) is 1.65. The van der Waals surface area contributed by atoms with E-state index in [2.05, 4.69) is 5.32 Å². The van der Waals surface area contributed by atoms with Crippen molar-refractivity contribution in [2.45, 2.75) is 13.3 Å². The minimum Gasteiger partial charge on any atom is -0.483 e. The molecule has 0 aliphatic carbocycles. The van der Waals surface area contributed by atoms with E-state index < -0.39 is 5.82 Å². The summed E-state index contributed by atoms with van der Waals surface area (Å²) in [6.45, 7) is 2.27. The van der Waals surface area contributed by atoms with Crippen molar-refractivity contribution in [2.75, 3.05) is 6.54 Å². The van der Waals surface area contributed by atoms with Crippen LogP contribution in [0.1, 0.15) is 23.7 Å². The molecule has 2 N–H and O–H groups in total. The maximum Gasteiger partial charge on any atom is 0.290 e. The molecule has 0 aliphatic rings. The fourth-order valence-corrected chi connectivity index (χ4v) is 0.979. The van der Waals surface area contributed by atoms with Crippen LogP contribution >= 0.6 is 0 Å². The average molecular weight is 227 g/mol. The van der Waals surface area contributed by atoms with Crippen LogP contribution in [-0.4, -0.2) is 24.0 Å². The molecule has 0 saturated heterocycles. The van der Waals surface area contributed by atoms with Crippen molar-refractivity contribution in [1.29, 1.82) is 0 Å². The molecule has 1 rings (SSSR count). The Kier molecular flexibility index (Phi) is 7.40. The van der Waals surface area contributed by atoms with Crippen LogP contribution in [0, 0.1) is 5.82 Å². The molecule has 5 heteroatoms. The number of rotatable bonds is 3. The van der Waals surface area contributed by atoms with E-state index in [1.54, 1.807) is 12.1 Å². The van der Waals surface area contributed by atoms with Gasteiger partial charge in [0, 0.05) is 6.54 Å². The van der Waals surface area contributed by atoms with E-state index in [-0.39, 0.29) is 17.9 Å². The van der Waals surface area contributed by atoms with Crippen LogP contribution in [0.5, 0.6) is 0 Å². The van der Waals surface area contributed by atoms with Gasteiger partial charge in [-0.1, -0.05) is 19.1 Å². The van der Waals surface area contributed by atoms with Crippen LogP contribution in [-0.2, 0) is 4.79 Å². The zero-order chi connectivity index (χ0) is 12.4. The summed E-state index contributed by atoms with van der Waals surface area (Å²) in [6.07, 6.45) is 0.847. The molecule has 0 aromatic heterocycles.